The Morgan fingerprint density at radius 1 is 1.26 bits per heavy atom. The second-order valence-corrected chi connectivity index (χ2v) is 5.47. The number of hydrogen-bond acceptors (Lipinski definition) is 3. The van der Waals surface area contributed by atoms with Gasteiger partial charge in [0.1, 0.15) is 0 Å². The van der Waals surface area contributed by atoms with Crippen LogP contribution in [0, 0.1) is 6.92 Å². The Labute approximate surface area is 113 Å². The van der Waals surface area contributed by atoms with Gasteiger partial charge < -0.3 is 5.73 Å². The van der Waals surface area contributed by atoms with E-state index < -0.39 is 0 Å². The first-order chi connectivity index (χ1) is 9.15. The molecule has 4 heteroatoms. The molecule has 2 aromatic rings. The van der Waals surface area contributed by atoms with Crippen LogP contribution < -0.4 is 5.73 Å². The van der Waals surface area contributed by atoms with E-state index in [4.69, 9.17) is 10.7 Å². The van der Waals surface area contributed by atoms with E-state index in [2.05, 4.69) is 12.0 Å². The highest BCUT2D eigenvalue weighted by molar-refractivity contribution is 5.65. The number of hydrogen-bond donors (Lipinski definition) is 1. The first kappa shape index (κ1) is 12.2. The third-order valence-corrected chi connectivity index (χ3v) is 4.00. The molecule has 4 nitrogen and oxygen atoms in total. The third kappa shape index (κ3) is 2.23. The van der Waals surface area contributed by atoms with Crippen LogP contribution >= 0.6 is 0 Å². The number of aryl methyl sites for hydroxylation is 2. The van der Waals surface area contributed by atoms with Crippen molar-refractivity contribution < 1.29 is 0 Å². The molecule has 19 heavy (non-hydrogen) atoms. The van der Waals surface area contributed by atoms with Gasteiger partial charge in [-0.3, -0.25) is 0 Å². The van der Waals surface area contributed by atoms with Crippen molar-refractivity contribution in [2.75, 3.05) is 5.73 Å². The van der Waals surface area contributed by atoms with E-state index in [1.165, 1.54) is 31.2 Å². The molecule has 0 amide bonds. The standard InChI is InChI=1S/C15H20N4/c1-10-7-8-12(16)9-13(10)15-17-14(18-19(15)2)11-5-3-4-6-11/h7-9,11H,3-6,16H2,1-2H3. The molecule has 1 aromatic heterocycles. The Kier molecular flexibility index (Phi) is 3.01. The van der Waals surface area contributed by atoms with E-state index in [0.717, 1.165) is 22.9 Å². The summed E-state index contributed by atoms with van der Waals surface area (Å²) in [4.78, 5) is 4.76. The van der Waals surface area contributed by atoms with E-state index in [-0.39, 0.29) is 0 Å². The van der Waals surface area contributed by atoms with E-state index in [1.54, 1.807) is 0 Å². The molecule has 1 aliphatic carbocycles. The van der Waals surface area contributed by atoms with Crippen molar-refractivity contribution in [3.63, 3.8) is 0 Å². The number of nitrogens with two attached hydrogens (primary N) is 1. The molecule has 0 bridgehead atoms. The third-order valence-electron chi connectivity index (χ3n) is 4.00. The zero-order valence-electron chi connectivity index (χ0n) is 11.6. The van der Waals surface area contributed by atoms with Crippen molar-refractivity contribution in [2.45, 2.75) is 38.5 Å². The SMILES string of the molecule is Cc1ccc(N)cc1-c1nc(C2CCCC2)nn1C. The van der Waals surface area contributed by atoms with Crippen LogP contribution in [0.1, 0.15) is 43.0 Å². The van der Waals surface area contributed by atoms with Crippen LogP contribution in [0.2, 0.25) is 0 Å². The molecule has 0 atom stereocenters. The van der Waals surface area contributed by atoms with Crippen LogP contribution in [0.15, 0.2) is 18.2 Å². The summed E-state index contributed by atoms with van der Waals surface area (Å²) < 4.78 is 1.88. The molecule has 1 fully saturated rings. The Balaban J connectivity index is 2.02. The molecule has 1 aromatic carbocycles. The summed E-state index contributed by atoms with van der Waals surface area (Å²) in [5, 5.41) is 4.60. The molecule has 0 aliphatic heterocycles. The summed E-state index contributed by atoms with van der Waals surface area (Å²) in [7, 11) is 1.96. The smallest absolute Gasteiger partial charge is 0.158 e. The number of benzene rings is 1. The summed E-state index contributed by atoms with van der Waals surface area (Å²) >= 11 is 0. The maximum absolute atomic E-state index is 5.89. The van der Waals surface area contributed by atoms with Crippen LogP contribution in [-0.4, -0.2) is 14.8 Å². The van der Waals surface area contributed by atoms with Crippen molar-refractivity contribution >= 4 is 5.69 Å². The van der Waals surface area contributed by atoms with Crippen LogP contribution in [-0.2, 0) is 7.05 Å². The van der Waals surface area contributed by atoms with Crippen molar-refractivity contribution in [3.8, 4) is 11.4 Å². The molecule has 1 heterocycles. The predicted octanol–water partition coefficient (Wildman–Crippen LogP) is 3.03. The van der Waals surface area contributed by atoms with Crippen molar-refractivity contribution in [1.29, 1.82) is 0 Å². The summed E-state index contributed by atoms with van der Waals surface area (Å²) in [6.07, 6.45) is 5.05. The summed E-state index contributed by atoms with van der Waals surface area (Å²) in [5.41, 5.74) is 8.92. The molecule has 1 saturated carbocycles. The lowest BCUT2D eigenvalue weighted by Crippen LogP contribution is -1.98. The van der Waals surface area contributed by atoms with Gasteiger partial charge in [-0.05, 0) is 37.5 Å². The lowest BCUT2D eigenvalue weighted by atomic mass is 10.1. The fourth-order valence-electron chi connectivity index (χ4n) is 2.88. The fraction of sp³-hybridized carbons (Fsp3) is 0.467. The van der Waals surface area contributed by atoms with Gasteiger partial charge in [0.15, 0.2) is 11.6 Å². The molecular formula is C15H20N4. The largest absolute Gasteiger partial charge is 0.399 e. The minimum atomic E-state index is 0.543. The van der Waals surface area contributed by atoms with Crippen LogP contribution in [0.3, 0.4) is 0 Å². The van der Waals surface area contributed by atoms with E-state index in [1.807, 2.05) is 29.9 Å². The fourth-order valence-corrected chi connectivity index (χ4v) is 2.88. The lowest BCUT2D eigenvalue weighted by Gasteiger charge is -2.05. The van der Waals surface area contributed by atoms with Crippen LogP contribution in [0.4, 0.5) is 5.69 Å². The van der Waals surface area contributed by atoms with Gasteiger partial charge in [-0.2, -0.15) is 5.10 Å². The molecule has 0 spiro atoms. The highest BCUT2D eigenvalue weighted by atomic mass is 15.3. The van der Waals surface area contributed by atoms with Gasteiger partial charge in [0, 0.05) is 24.2 Å². The van der Waals surface area contributed by atoms with Gasteiger partial charge in [-0.15, -0.1) is 0 Å². The van der Waals surface area contributed by atoms with Crippen molar-refractivity contribution in [1.82, 2.24) is 14.8 Å². The highest BCUT2D eigenvalue weighted by Gasteiger charge is 2.23. The normalized spacial score (nSPS) is 16.1. The second kappa shape index (κ2) is 4.68. The van der Waals surface area contributed by atoms with Gasteiger partial charge >= 0.3 is 0 Å². The molecule has 100 valence electrons. The van der Waals surface area contributed by atoms with E-state index in [0.29, 0.717) is 5.92 Å². The van der Waals surface area contributed by atoms with Gasteiger partial charge in [-0.1, -0.05) is 18.9 Å². The van der Waals surface area contributed by atoms with Crippen molar-refractivity contribution in [2.24, 2.45) is 7.05 Å². The Bertz CT molecular complexity index is 594. The van der Waals surface area contributed by atoms with Gasteiger partial charge in [0.25, 0.3) is 0 Å². The van der Waals surface area contributed by atoms with E-state index in [9.17, 15) is 0 Å². The highest BCUT2D eigenvalue weighted by Crippen LogP contribution is 2.33. The molecule has 0 saturated heterocycles. The lowest BCUT2D eigenvalue weighted by molar-refractivity contribution is 0.648. The van der Waals surface area contributed by atoms with Gasteiger partial charge in [0.05, 0.1) is 0 Å². The predicted molar refractivity (Wildman–Crippen MR) is 76.8 cm³/mol. The summed E-state index contributed by atoms with van der Waals surface area (Å²) in [6, 6.07) is 5.94. The molecule has 0 radical (unpaired) electrons. The average molecular weight is 256 g/mol. The number of nitrogen functional groups attached to an aromatic ring is 1. The quantitative estimate of drug-likeness (QED) is 0.840. The van der Waals surface area contributed by atoms with Gasteiger partial charge in [-0.25, -0.2) is 9.67 Å². The Morgan fingerprint density at radius 2 is 2.00 bits per heavy atom. The number of nitrogens with zero attached hydrogens (tertiary/aromatic N) is 3. The zero-order valence-corrected chi connectivity index (χ0v) is 11.6. The maximum atomic E-state index is 5.89. The Hall–Kier alpha value is -1.84. The Morgan fingerprint density at radius 3 is 2.74 bits per heavy atom. The van der Waals surface area contributed by atoms with E-state index >= 15 is 0 Å². The number of rotatable bonds is 2. The summed E-state index contributed by atoms with van der Waals surface area (Å²) in [5.74, 6) is 2.46. The molecular weight excluding hydrogens is 236 g/mol. The number of anilines is 1. The van der Waals surface area contributed by atoms with Crippen LogP contribution in [0.5, 0.6) is 0 Å². The van der Waals surface area contributed by atoms with Gasteiger partial charge in [0.2, 0.25) is 0 Å². The first-order valence-corrected chi connectivity index (χ1v) is 6.92. The molecule has 3 rings (SSSR count). The molecule has 1 aliphatic rings. The second-order valence-electron chi connectivity index (χ2n) is 5.47. The minimum absolute atomic E-state index is 0.543. The minimum Gasteiger partial charge on any atom is -0.399 e. The topological polar surface area (TPSA) is 56.7 Å². The van der Waals surface area contributed by atoms with Crippen molar-refractivity contribution in [3.05, 3.63) is 29.6 Å². The first-order valence-electron chi connectivity index (χ1n) is 6.92. The maximum Gasteiger partial charge on any atom is 0.158 e. The number of aromatic nitrogens is 3. The summed E-state index contributed by atoms with van der Waals surface area (Å²) in [6.45, 7) is 2.08. The molecule has 0 unspecified atom stereocenters. The molecule has 2 N–H and O–H groups in total. The monoisotopic (exact) mass is 256 g/mol. The van der Waals surface area contributed by atoms with Crippen LogP contribution in [0.25, 0.3) is 11.4 Å². The average Bonchev–Trinajstić information content (AvgIpc) is 3.01. The zero-order chi connectivity index (χ0) is 13.4.